The lowest BCUT2D eigenvalue weighted by Gasteiger charge is -2.42. The number of carbonyl (C=O) groups is 3. The summed E-state index contributed by atoms with van der Waals surface area (Å²) in [5.41, 5.74) is 0.742. The molecule has 2 aromatic rings. The number of likely N-dealkylation sites (tertiary alicyclic amines) is 1. The average molecular weight is 406 g/mol. The molecule has 1 aromatic carbocycles. The molecule has 0 atom stereocenters. The van der Waals surface area contributed by atoms with Gasteiger partial charge in [0.05, 0.1) is 12.2 Å². The fourth-order valence-corrected chi connectivity index (χ4v) is 4.39. The van der Waals surface area contributed by atoms with Crippen molar-refractivity contribution in [1.29, 1.82) is 0 Å². The van der Waals surface area contributed by atoms with Crippen LogP contribution in [0, 0.1) is 0 Å². The maximum Gasteiger partial charge on any atom is 0.328 e. The number of benzene rings is 1. The third kappa shape index (κ3) is 3.56. The zero-order valence-corrected chi connectivity index (χ0v) is 17.2. The standard InChI is InChI=1S/C23H26N4O3/c1-2-20(28)25-14-11-23(12-15-25)21(29)26(17-19-10-6-7-13-24-19)22(30)27(23)16-18-8-4-3-5-9-18/h3-10,13H,2,11-12,14-17H2,1H3. The van der Waals surface area contributed by atoms with E-state index in [1.807, 2.05) is 49.4 Å². The van der Waals surface area contributed by atoms with E-state index in [0.29, 0.717) is 44.6 Å². The van der Waals surface area contributed by atoms with Crippen molar-refractivity contribution >= 4 is 17.8 Å². The number of urea groups is 1. The molecule has 1 aromatic heterocycles. The Morgan fingerprint density at radius 3 is 2.33 bits per heavy atom. The first-order valence-corrected chi connectivity index (χ1v) is 10.4. The summed E-state index contributed by atoms with van der Waals surface area (Å²) >= 11 is 0. The molecule has 7 heteroatoms. The van der Waals surface area contributed by atoms with E-state index in [9.17, 15) is 14.4 Å². The minimum absolute atomic E-state index is 0.0848. The molecule has 2 aliphatic heterocycles. The molecule has 2 fully saturated rings. The van der Waals surface area contributed by atoms with Gasteiger partial charge in [-0.2, -0.15) is 0 Å². The second kappa shape index (κ2) is 8.26. The maximum absolute atomic E-state index is 13.6. The number of aromatic nitrogens is 1. The molecule has 2 saturated heterocycles. The Bertz CT molecular complexity index is 924. The Balaban J connectivity index is 1.63. The van der Waals surface area contributed by atoms with Gasteiger partial charge in [-0.3, -0.25) is 19.5 Å². The molecule has 7 nitrogen and oxygen atoms in total. The summed E-state index contributed by atoms with van der Waals surface area (Å²) in [4.78, 5) is 48.2. The Morgan fingerprint density at radius 2 is 1.70 bits per heavy atom. The number of piperidine rings is 1. The highest BCUT2D eigenvalue weighted by atomic mass is 16.2. The Hall–Kier alpha value is -3.22. The predicted molar refractivity (Wildman–Crippen MR) is 111 cm³/mol. The van der Waals surface area contributed by atoms with E-state index in [1.165, 1.54) is 4.90 Å². The van der Waals surface area contributed by atoms with E-state index >= 15 is 0 Å². The van der Waals surface area contributed by atoms with Crippen LogP contribution in [-0.4, -0.2) is 56.2 Å². The summed E-state index contributed by atoms with van der Waals surface area (Å²) in [5.74, 6) is -0.0979. The van der Waals surface area contributed by atoms with Crippen molar-refractivity contribution in [3.05, 3.63) is 66.0 Å². The van der Waals surface area contributed by atoms with Crippen LogP contribution >= 0.6 is 0 Å². The molecule has 2 aliphatic rings. The van der Waals surface area contributed by atoms with Crippen LogP contribution in [-0.2, 0) is 22.7 Å². The van der Waals surface area contributed by atoms with Crippen LogP contribution in [0.1, 0.15) is 37.4 Å². The van der Waals surface area contributed by atoms with Crippen LogP contribution in [0.4, 0.5) is 4.79 Å². The predicted octanol–water partition coefficient (Wildman–Crippen LogP) is 2.82. The quantitative estimate of drug-likeness (QED) is 0.716. The molecule has 0 unspecified atom stereocenters. The number of carbonyl (C=O) groups excluding carboxylic acids is 3. The average Bonchev–Trinajstić information content (AvgIpc) is 2.97. The van der Waals surface area contributed by atoms with Gasteiger partial charge in [0.1, 0.15) is 5.54 Å². The normalized spacial score (nSPS) is 18.4. The molecule has 0 radical (unpaired) electrons. The second-order valence-corrected chi connectivity index (χ2v) is 7.83. The van der Waals surface area contributed by atoms with Crippen molar-refractivity contribution in [2.24, 2.45) is 0 Å². The lowest BCUT2D eigenvalue weighted by molar-refractivity contribution is -0.141. The zero-order chi connectivity index (χ0) is 21.1. The van der Waals surface area contributed by atoms with Gasteiger partial charge in [-0.15, -0.1) is 0 Å². The van der Waals surface area contributed by atoms with E-state index in [4.69, 9.17) is 0 Å². The molecule has 0 bridgehead atoms. The molecule has 1 spiro atoms. The van der Waals surface area contributed by atoms with E-state index in [-0.39, 0.29) is 24.4 Å². The van der Waals surface area contributed by atoms with Crippen LogP contribution < -0.4 is 0 Å². The third-order valence-corrected chi connectivity index (χ3v) is 6.10. The van der Waals surface area contributed by atoms with Gasteiger partial charge in [-0.05, 0) is 30.5 Å². The van der Waals surface area contributed by atoms with Crippen LogP contribution in [0.5, 0.6) is 0 Å². The number of imide groups is 1. The van der Waals surface area contributed by atoms with Gasteiger partial charge in [-0.1, -0.05) is 43.3 Å². The number of nitrogens with zero attached hydrogens (tertiary/aromatic N) is 4. The summed E-state index contributed by atoms with van der Waals surface area (Å²) in [6.07, 6.45) is 3.01. The molecule has 4 amide bonds. The van der Waals surface area contributed by atoms with E-state index in [2.05, 4.69) is 4.98 Å². The van der Waals surface area contributed by atoms with Crippen molar-refractivity contribution in [3.63, 3.8) is 0 Å². The van der Waals surface area contributed by atoms with Gasteiger partial charge >= 0.3 is 6.03 Å². The summed E-state index contributed by atoms with van der Waals surface area (Å²) in [5, 5.41) is 0. The molecule has 0 saturated carbocycles. The molecule has 4 rings (SSSR count). The monoisotopic (exact) mass is 406 g/mol. The second-order valence-electron chi connectivity index (χ2n) is 7.83. The first-order chi connectivity index (χ1) is 14.5. The van der Waals surface area contributed by atoms with Gasteiger partial charge in [0, 0.05) is 32.3 Å². The molecular weight excluding hydrogens is 380 g/mol. The minimum atomic E-state index is -0.910. The highest BCUT2D eigenvalue weighted by molar-refractivity contribution is 6.07. The highest BCUT2D eigenvalue weighted by Gasteiger charge is 2.58. The molecule has 0 aliphatic carbocycles. The topological polar surface area (TPSA) is 73.8 Å². The van der Waals surface area contributed by atoms with Crippen molar-refractivity contribution in [2.45, 2.75) is 44.8 Å². The fourth-order valence-electron chi connectivity index (χ4n) is 4.39. The molecular formula is C23H26N4O3. The minimum Gasteiger partial charge on any atom is -0.343 e. The molecule has 3 heterocycles. The van der Waals surface area contributed by atoms with Crippen molar-refractivity contribution < 1.29 is 14.4 Å². The fraction of sp³-hybridized carbons (Fsp3) is 0.391. The SMILES string of the molecule is CCC(=O)N1CCC2(CC1)C(=O)N(Cc1ccccn1)C(=O)N2Cc1ccccc1. The van der Waals surface area contributed by atoms with Crippen molar-refractivity contribution in [2.75, 3.05) is 13.1 Å². The Morgan fingerprint density at radius 1 is 1.00 bits per heavy atom. The van der Waals surface area contributed by atoms with Crippen molar-refractivity contribution in [1.82, 2.24) is 19.7 Å². The Kier molecular flexibility index (Phi) is 5.53. The highest BCUT2D eigenvalue weighted by Crippen LogP contribution is 2.39. The van der Waals surface area contributed by atoms with Crippen LogP contribution in [0.25, 0.3) is 0 Å². The van der Waals surface area contributed by atoms with Gasteiger partial charge in [0.15, 0.2) is 0 Å². The lowest BCUT2D eigenvalue weighted by Crippen LogP contribution is -2.57. The maximum atomic E-state index is 13.6. The van der Waals surface area contributed by atoms with Gasteiger partial charge in [0.25, 0.3) is 5.91 Å². The summed E-state index contributed by atoms with van der Waals surface area (Å²) in [6.45, 7) is 3.32. The molecule has 0 N–H and O–H groups in total. The largest absolute Gasteiger partial charge is 0.343 e. The lowest BCUT2D eigenvalue weighted by atomic mass is 9.85. The van der Waals surface area contributed by atoms with Crippen LogP contribution in [0.3, 0.4) is 0 Å². The number of hydrogen-bond acceptors (Lipinski definition) is 4. The van der Waals surface area contributed by atoms with E-state index in [0.717, 1.165) is 5.56 Å². The molecule has 156 valence electrons. The van der Waals surface area contributed by atoms with E-state index in [1.54, 1.807) is 22.1 Å². The smallest absolute Gasteiger partial charge is 0.328 e. The number of hydrogen-bond donors (Lipinski definition) is 0. The summed E-state index contributed by atoms with van der Waals surface area (Å²) in [6, 6.07) is 14.9. The van der Waals surface area contributed by atoms with Gasteiger partial charge in [0.2, 0.25) is 5.91 Å². The van der Waals surface area contributed by atoms with Crippen molar-refractivity contribution in [3.8, 4) is 0 Å². The third-order valence-electron chi connectivity index (χ3n) is 6.10. The number of amides is 4. The number of pyridine rings is 1. The summed E-state index contributed by atoms with van der Waals surface area (Å²) < 4.78 is 0. The first-order valence-electron chi connectivity index (χ1n) is 10.4. The summed E-state index contributed by atoms with van der Waals surface area (Å²) in [7, 11) is 0. The zero-order valence-electron chi connectivity index (χ0n) is 17.2. The van der Waals surface area contributed by atoms with Crippen LogP contribution in [0.2, 0.25) is 0 Å². The Labute approximate surface area is 176 Å². The van der Waals surface area contributed by atoms with E-state index < -0.39 is 5.54 Å². The molecule has 30 heavy (non-hydrogen) atoms. The van der Waals surface area contributed by atoms with Gasteiger partial charge in [-0.25, -0.2) is 4.79 Å². The number of rotatable bonds is 5. The van der Waals surface area contributed by atoms with Gasteiger partial charge < -0.3 is 9.80 Å². The van der Waals surface area contributed by atoms with Crippen LogP contribution in [0.15, 0.2) is 54.7 Å². The first kappa shape index (κ1) is 20.1.